The van der Waals surface area contributed by atoms with Crippen LogP contribution in [-0.4, -0.2) is 48.6 Å². The molecular weight excluding hydrogens is 430 g/mol. The average Bonchev–Trinajstić information content (AvgIpc) is 3.14. The Morgan fingerprint density at radius 3 is 2.55 bits per heavy atom. The normalized spacial score (nSPS) is 10.9. The van der Waals surface area contributed by atoms with E-state index in [1.807, 2.05) is 0 Å². The van der Waals surface area contributed by atoms with Crippen LogP contribution < -0.4 is 5.32 Å². The van der Waals surface area contributed by atoms with Gasteiger partial charge in [0.15, 0.2) is 0 Å². The molecule has 0 fully saturated rings. The van der Waals surface area contributed by atoms with Gasteiger partial charge in [-0.25, -0.2) is 19.4 Å². The van der Waals surface area contributed by atoms with Gasteiger partial charge < -0.3 is 19.5 Å². The summed E-state index contributed by atoms with van der Waals surface area (Å²) in [6.45, 7) is 3.45. The molecule has 1 N–H and O–H groups in total. The Balaban J connectivity index is 2.60. The number of ether oxygens (including phenoxy) is 3. The first-order valence-corrected chi connectivity index (χ1v) is 9.61. The largest absolute Gasteiger partial charge is 0.466 e. The van der Waals surface area contributed by atoms with Gasteiger partial charge in [0, 0.05) is 23.4 Å². The Bertz CT molecular complexity index is 1060. The summed E-state index contributed by atoms with van der Waals surface area (Å²) in [5.74, 6) is -2.24. The molecule has 11 nitrogen and oxygen atoms in total. The number of carbonyl (C=O) groups excluding carboxylic acids is 3. The summed E-state index contributed by atoms with van der Waals surface area (Å²) in [4.78, 5) is 51.1. The second-order valence-corrected chi connectivity index (χ2v) is 6.84. The van der Waals surface area contributed by atoms with Gasteiger partial charge in [-0.2, -0.15) is 0 Å². The predicted octanol–water partition coefficient (Wildman–Crippen LogP) is 2.85. The summed E-state index contributed by atoms with van der Waals surface area (Å²) in [5.41, 5.74) is 0.341. The Hall–Kier alpha value is -3.80. The molecule has 0 spiro atoms. The van der Waals surface area contributed by atoms with E-state index in [2.05, 4.69) is 19.8 Å². The summed E-state index contributed by atoms with van der Waals surface area (Å²) in [5, 5.41) is 14.3. The number of aromatic nitrogens is 1. The number of rotatable bonds is 8. The third-order valence-electron chi connectivity index (χ3n) is 3.84. The standard InChI is InChI=1S/C19H19N3O8S/c1-5-30-19(25)16-10(2)20-17(31-16)12-8-11(22(26)27)6-7-13(12)21-14(18(24)29-4)9-15(23)28-3/h6-9,21H,5H2,1-4H3/b14-9+. The molecule has 0 aliphatic rings. The minimum Gasteiger partial charge on any atom is -0.466 e. The number of methoxy groups -OCH3 is 2. The zero-order valence-corrected chi connectivity index (χ0v) is 17.9. The van der Waals surface area contributed by atoms with Gasteiger partial charge in [-0.1, -0.05) is 0 Å². The van der Waals surface area contributed by atoms with E-state index in [0.717, 1.165) is 31.6 Å². The lowest BCUT2D eigenvalue weighted by Gasteiger charge is -2.12. The van der Waals surface area contributed by atoms with E-state index in [1.165, 1.54) is 18.2 Å². The molecule has 31 heavy (non-hydrogen) atoms. The third kappa shape index (κ3) is 5.63. The van der Waals surface area contributed by atoms with Gasteiger partial charge in [0.05, 0.1) is 37.5 Å². The lowest BCUT2D eigenvalue weighted by atomic mass is 10.1. The van der Waals surface area contributed by atoms with Crippen LogP contribution in [0.2, 0.25) is 0 Å². The molecule has 0 saturated heterocycles. The van der Waals surface area contributed by atoms with Gasteiger partial charge in [0.2, 0.25) is 0 Å². The number of hydrogen-bond acceptors (Lipinski definition) is 11. The summed E-state index contributed by atoms with van der Waals surface area (Å²) < 4.78 is 14.2. The molecule has 1 heterocycles. The summed E-state index contributed by atoms with van der Waals surface area (Å²) in [7, 11) is 2.27. The van der Waals surface area contributed by atoms with Crippen LogP contribution in [0.5, 0.6) is 0 Å². The highest BCUT2D eigenvalue weighted by atomic mass is 32.1. The maximum absolute atomic E-state index is 12.1. The van der Waals surface area contributed by atoms with Gasteiger partial charge in [-0.05, 0) is 19.9 Å². The van der Waals surface area contributed by atoms with Gasteiger partial charge in [0.1, 0.15) is 15.6 Å². The molecule has 0 radical (unpaired) electrons. The molecule has 164 valence electrons. The smallest absolute Gasteiger partial charge is 0.354 e. The fraction of sp³-hybridized carbons (Fsp3) is 0.263. The van der Waals surface area contributed by atoms with Crippen molar-refractivity contribution in [2.24, 2.45) is 0 Å². The van der Waals surface area contributed by atoms with Gasteiger partial charge in [0.25, 0.3) is 5.69 Å². The van der Waals surface area contributed by atoms with E-state index >= 15 is 0 Å². The SMILES string of the molecule is CCOC(=O)c1sc(-c2cc([N+](=O)[O-])ccc2N/C(=C/C(=O)OC)C(=O)OC)nc1C. The number of hydrogen-bond donors (Lipinski definition) is 1. The Kier molecular flexibility index (Phi) is 7.80. The number of nitrogens with zero attached hydrogens (tertiary/aromatic N) is 2. The first-order valence-electron chi connectivity index (χ1n) is 8.80. The van der Waals surface area contributed by atoms with E-state index < -0.39 is 22.8 Å². The molecule has 0 unspecified atom stereocenters. The number of non-ortho nitro benzene ring substituents is 1. The highest BCUT2D eigenvalue weighted by Crippen LogP contribution is 2.36. The number of carbonyl (C=O) groups is 3. The maximum atomic E-state index is 12.1. The van der Waals surface area contributed by atoms with Crippen LogP contribution in [0.15, 0.2) is 30.0 Å². The quantitative estimate of drug-likeness (QED) is 0.210. The molecule has 2 rings (SSSR count). The fourth-order valence-corrected chi connectivity index (χ4v) is 3.40. The summed E-state index contributed by atoms with van der Waals surface area (Å²) in [6.07, 6.45) is 0.883. The minimum atomic E-state index is -0.864. The molecule has 0 saturated carbocycles. The van der Waals surface area contributed by atoms with Crippen molar-refractivity contribution < 1.29 is 33.5 Å². The van der Waals surface area contributed by atoms with Crippen molar-refractivity contribution in [1.29, 1.82) is 0 Å². The van der Waals surface area contributed by atoms with Crippen LogP contribution in [0.3, 0.4) is 0 Å². The molecule has 2 aromatic rings. The van der Waals surface area contributed by atoms with E-state index in [4.69, 9.17) is 4.74 Å². The number of nitro benzene ring substituents is 1. The topological polar surface area (TPSA) is 147 Å². The van der Waals surface area contributed by atoms with Crippen molar-refractivity contribution in [2.45, 2.75) is 13.8 Å². The predicted molar refractivity (Wildman–Crippen MR) is 111 cm³/mol. The summed E-state index contributed by atoms with van der Waals surface area (Å²) >= 11 is 0.979. The van der Waals surface area contributed by atoms with Crippen molar-refractivity contribution in [3.05, 3.63) is 50.7 Å². The zero-order chi connectivity index (χ0) is 23.1. The number of aryl methyl sites for hydroxylation is 1. The number of nitro groups is 1. The second-order valence-electron chi connectivity index (χ2n) is 5.84. The highest BCUT2D eigenvalue weighted by Gasteiger charge is 2.22. The van der Waals surface area contributed by atoms with Crippen LogP contribution in [0, 0.1) is 17.0 Å². The van der Waals surface area contributed by atoms with E-state index in [-0.39, 0.29) is 39.1 Å². The number of esters is 3. The van der Waals surface area contributed by atoms with Crippen molar-refractivity contribution >= 4 is 40.6 Å². The van der Waals surface area contributed by atoms with Crippen LogP contribution >= 0.6 is 11.3 Å². The lowest BCUT2D eigenvalue weighted by Crippen LogP contribution is -2.16. The Labute approximate surface area is 180 Å². The molecule has 0 aliphatic heterocycles. The van der Waals surface area contributed by atoms with Gasteiger partial charge in [-0.3, -0.25) is 10.1 Å². The monoisotopic (exact) mass is 449 g/mol. The van der Waals surface area contributed by atoms with E-state index in [9.17, 15) is 24.5 Å². The van der Waals surface area contributed by atoms with Crippen LogP contribution in [-0.2, 0) is 23.8 Å². The number of nitrogens with one attached hydrogen (secondary N) is 1. The number of benzene rings is 1. The zero-order valence-electron chi connectivity index (χ0n) is 17.1. The average molecular weight is 449 g/mol. The molecule has 0 amide bonds. The van der Waals surface area contributed by atoms with Crippen molar-refractivity contribution in [2.75, 3.05) is 26.1 Å². The lowest BCUT2D eigenvalue weighted by molar-refractivity contribution is -0.384. The van der Waals surface area contributed by atoms with Crippen LogP contribution in [0.25, 0.3) is 10.6 Å². The third-order valence-corrected chi connectivity index (χ3v) is 5.01. The molecule has 12 heteroatoms. The van der Waals surface area contributed by atoms with Crippen LogP contribution in [0.1, 0.15) is 22.3 Å². The Morgan fingerprint density at radius 1 is 1.26 bits per heavy atom. The minimum absolute atomic E-state index is 0.177. The molecule has 1 aromatic carbocycles. The Morgan fingerprint density at radius 2 is 1.97 bits per heavy atom. The molecule has 1 aromatic heterocycles. The number of thiazole rings is 1. The first kappa shape index (κ1) is 23.5. The molecular formula is C19H19N3O8S. The van der Waals surface area contributed by atoms with Gasteiger partial charge in [-0.15, -0.1) is 11.3 Å². The molecule has 0 aliphatic carbocycles. The maximum Gasteiger partial charge on any atom is 0.354 e. The molecule has 0 atom stereocenters. The van der Waals surface area contributed by atoms with E-state index in [0.29, 0.717) is 5.69 Å². The van der Waals surface area contributed by atoms with Crippen molar-refractivity contribution in [1.82, 2.24) is 4.98 Å². The fourth-order valence-electron chi connectivity index (χ4n) is 2.41. The summed E-state index contributed by atoms with van der Waals surface area (Å²) in [6, 6.07) is 3.80. The van der Waals surface area contributed by atoms with Crippen LogP contribution in [0.4, 0.5) is 11.4 Å². The number of anilines is 1. The first-order chi connectivity index (χ1) is 14.7. The highest BCUT2D eigenvalue weighted by molar-refractivity contribution is 7.17. The van der Waals surface area contributed by atoms with Crippen molar-refractivity contribution in [3.63, 3.8) is 0 Å². The second kappa shape index (κ2) is 10.3. The van der Waals surface area contributed by atoms with Gasteiger partial charge >= 0.3 is 17.9 Å². The van der Waals surface area contributed by atoms with Crippen molar-refractivity contribution in [3.8, 4) is 10.6 Å². The molecule has 0 bridgehead atoms. The van der Waals surface area contributed by atoms with E-state index in [1.54, 1.807) is 13.8 Å².